The summed E-state index contributed by atoms with van der Waals surface area (Å²) in [5, 5.41) is 9.52. The molecule has 0 aromatic heterocycles. The molecule has 1 saturated heterocycles. The molecule has 132 valence electrons. The lowest BCUT2D eigenvalue weighted by Crippen LogP contribution is -2.52. The van der Waals surface area contributed by atoms with Crippen LogP contribution in [-0.2, 0) is 9.59 Å². The number of rotatable bonds is 3. The van der Waals surface area contributed by atoms with Crippen molar-refractivity contribution in [2.24, 2.45) is 23.7 Å². The van der Waals surface area contributed by atoms with Gasteiger partial charge in [0.05, 0.1) is 17.5 Å². The van der Waals surface area contributed by atoms with Gasteiger partial charge in [0, 0.05) is 26.2 Å². The molecule has 4 rings (SSSR count). The predicted octanol–water partition coefficient (Wildman–Crippen LogP) is 2.00. The van der Waals surface area contributed by atoms with Crippen molar-refractivity contribution in [1.29, 1.82) is 0 Å². The number of carboxylic acid groups (broad SMARTS) is 1. The standard InChI is InChI=1S/C19H21FN2O3/c20-14-3-1-2-4-15(14)21-7-9-22(10-8-21)18(23)16-12-5-6-13(11-12)17(16)19(24)25/h1-6,12-13,16-17H,7-11H2,(H,24,25)/t12-,13+,16-,17+/m0/s1. The Morgan fingerprint density at radius 2 is 1.64 bits per heavy atom. The molecule has 0 spiro atoms. The number of para-hydroxylation sites is 1. The molecule has 2 aliphatic carbocycles. The summed E-state index contributed by atoms with van der Waals surface area (Å²) in [7, 11) is 0. The van der Waals surface area contributed by atoms with Gasteiger partial charge in [-0.1, -0.05) is 24.3 Å². The molecular formula is C19H21FN2O3. The van der Waals surface area contributed by atoms with E-state index in [2.05, 4.69) is 0 Å². The van der Waals surface area contributed by atoms with E-state index < -0.39 is 17.8 Å². The fourth-order valence-corrected chi connectivity index (χ4v) is 4.58. The zero-order valence-electron chi connectivity index (χ0n) is 13.8. The first kappa shape index (κ1) is 16.1. The normalized spacial score (nSPS) is 30.8. The predicted molar refractivity (Wildman–Crippen MR) is 90.5 cm³/mol. The number of allylic oxidation sites excluding steroid dienone is 2. The highest BCUT2D eigenvalue weighted by Gasteiger charge is 2.52. The Hall–Kier alpha value is -2.37. The van der Waals surface area contributed by atoms with Crippen molar-refractivity contribution in [1.82, 2.24) is 4.90 Å². The van der Waals surface area contributed by atoms with Gasteiger partial charge in [-0.15, -0.1) is 0 Å². The van der Waals surface area contributed by atoms with Crippen LogP contribution in [0.25, 0.3) is 0 Å². The monoisotopic (exact) mass is 344 g/mol. The number of fused-ring (bicyclic) bond motifs is 2. The maximum absolute atomic E-state index is 13.9. The van der Waals surface area contributed by atoms with Gasteiger partial charge in [0.1, 0.15) is 5.82 Å². The van der Waals surface area contributed by atoms with E-state index in [0.29, 0.717) is 31.9 Å². The summed E-state index contributed by atoms with van der Waals surface area (Å²) < 4.78 is 13.9. The topological polar surface area (TPSA) is 60.9 Å². The molecule has 1 saturated carbocycles. The van der Waals surface area contributed by atoms with Crippen LogP contribution in [0.4, 0.5) is 10.1 Å². The Bertz CT molecular complexity index is 727. The van der Waals surface area contributed by atoms with Crippen LogP contribution in [0.3, 0.4) is 0 Å². The molecule has 2 bridgehead atoms. The maximum Gasteiger partial charge on any atom is 0.307 e. The fourth-order valence-electron chi connectivity index (χ4n) is 4.58. The fraction of sp³-hybridized carbons (Fsp3) is 0.474. The smallest absolute Gasteiger partial charge is 0.307 e. The minimum atomic E-state index is -0.875. The second kappa shape index (κ2) is 6.17. The third kappa shape index (κ3) is 2.69. The van der Waals surface area contributed by atoms with Gasteiger partial charge in [-0.2, -0.15) is 0 Å². The maximum atomic E-state index is 13.9. The van der Waals surface area contributed by atoms with E-state index in [1.54, 1.807) is 23.1 Å². The summed E-state index contributed by atoms with van der Waals surface area (Å²) in [6.45, 7) is 2.11. The van der Waals surface area contributed by atoms with Gasteiger partial charge in [-0.05, 0) is 30.4 Å². The number of hydrogen-bond acceptors (Lipinski definition) is 3. The van der Waals surface area contributed by atoms with Crippen LogP contribution >= 0.6 is 0 Å². The summed E-state index contributed by atoms with van der Waals surface area (Å²) >= 11 is 0. The number of carbonyl (C=O) groups excluding carboxylic acids is 1. The number of carbonyl (C=O) groups is 2. The molecule has 1 N–H and O–H groups in total. The SMILES string of the molecule is O=C(O)[C@H]1[C@@H](C(=O)N2CCN(c3ccccc3F)CC2)[C@H]2C=C[C@@H]1C2. The first-order valence-corrected chi connectivity index (χ1v) is 8.75. The van der Waals surface area contributed by atoms with Crippen LogP contribution in [0, 0.1) is 29.5 Å². The summed E-state index contributed by atoms with van der Waals surface area (Å²) in [4.78, 5) is 28.3. The summed E-state index contributed by atoms with van der Waals surface area (Å²) in [6, 6.07) is 6.64. The number of benzene rings is 1. The molecule has 1 aromatic carbocycles. The van der Waals surface area contributed by atoms with Crippen LogP contribution in [0.1, 0.15) is 6.42 Å². The summed E-state index contributed by atoms with van der Waals surface area (Å²) in [5.74, 6) is -2.22. The van der Waals surface area contributed by atoms with E-state index >= 15 is 0 Å². The van der Waals surface area contributed by atoms with E-state index in [1.807, 2.05) is 17.1 Å². The lowest BCUT2D eigenvalue weighted by Gasteiger charge is -2.38. The zero-order chi connectivity index (χ0) is 17.6. The zero-order valence-corrected chi connectivity index (χ0v) is 13.8. The molecule has 1 amide bonds. The van der Waals surface area contributed by atoms with Crippen molar-refractivity contribution in [3.8, 4) is 0 Å². The minimum Gasteiger partial charge on any atom is -0.481 e. The molecule has 5 nitrogen and oxygen atoms in total. The van der Waals surface area contributed by atoms with Gasteiger partial charge in [0.2, 0.25) is 5.91 Å². The van der Waals surface area contributed by atoms with E-state index in [9.17, 15) is 19.1 Å². The van der Waals surface area contributed by atoms with E-state index in [0.717, 1.165) is 6.42 Å². The highest BCUT2D eigenvalue weighted by atomic mass is 19.1. The van der Waals surface area contributed by atoms with Crippen molar-refractivity contribution in [3.05, 3.63) is 42.2 Å². The van der Waals surface area contributed by atoms with Crippen LogP contribution in [0.2, 0.25) is 0 Å². The Kier molecular flexibility index (Phi) is 3.98. The van der Waals surface area contributed by atoms with Gasteiger partial charge in [-0.25, -0.2) is 4.39 Å². The van der Waals surface area contributed by atoms with Crippen LogP contribution in [0.5, 0.6) is 0 Å². The van der Waals surface area contributed by atoms with Gasteiger partial charge in [0.15, 0.2) is 0 Å². The molecule has 0 radical (unpaired) electrons. The number of carboxylic acids is 1. The Morgan fingerprint density at radius 1 is 1.00 bits per heavy atom. The van der Waals surface area contributed by atoms with Crippen LogP contribution in [0.15, 0.2) is 36.4 Å². The van der Waals surface area contributed by atoms with Crippen molar-refractivity contribution < 1.29 is 19.1 Å². The second-order valence-corrected chi connectivity index (χ2v) is 7.10. The summed E-state index contributed by atoms with van der Waals surface area (Å²) in [5.41, 5.74) is 0.556. The molecule has 1 heterocycles. The number of amides is 1. The molecule has 25 heavy (non-hydrogen) atoms. The van der Waals surface area contributed by atoms with Crippen LogP contribution in [-0.4, -0.2) is 48.1 Å². The molecule has 6 heteroatoms. The lowest BCUT2D eigenvalue weighted by molar-refractivity contribution is -0.151. The molecule has 0 unspecified atom stereocenters. The average molecular weight is 344 g/mol. The van der Waals surface area contributed by atoms with Crippen molar-refractivity contribution >= 4 is 17.6 Å². The molecule has 3 aliphatic rings. The quantitative estimate of drug-likeness (QED) is 0.852. The Labute approximate surface area is 145 Å². The largest absolute Gasteiger partial charge is 0.481 e. The first-order chi connectivity index (χ1) is 12.1. The molecule has 1 aromatic rings. The minimum absolute atomic E-state index is 0.0175. The number of aliphatic carboxylic acids is 1. The number of nitrogens with zero attached hydrogens (tertiary/aromatic N) is 2. The summed E-state index contributed by atoms with van der Waals surface area (Å²) in [6.07, 6.45) is 4.72. The van der Waals surface area contributed by atoms with Crippen molar-refractivity contribution in [3.63, 3.8) is 0 Å². The molecule has 4 atom stereocenters. The highest BCUT2D eigenvalue weighted by molar-refractivity contribution is 5.87. The van der Waals surface area contributed by atoms with Gasteiger partial charge < -0.3 is 14.9 Å². The second-order valence-electron chi connectivity index (χ2n) is 7.10. The number of halogens is 1. The van der Waals surface area contributed by atoms with Gasteiger partial charge in [0.25, 0.3) is 0 Å². The van der Waals surface area contributed by atoms with Crippen LogP contribution < -0.4 is 4.90 Å². The van der Waals surface area contributed by atoms with Gasteiger partial charge >= 0.3 is 5.97 Å². The molecule has 1 aliphatic heterocycles. The first-order valence-electron chi connectivity index (χ1n) is 8.75. The highest BCUT2D eigenvalue weighted by Crippen LogP contribution is 2.48. The third-order valence-corrected chi connectivity index (χ3v) is 5.81. The number of piperazine rings is 1. The lowest BCUT2D eigenvalue weighted by atomic mass is 9.82. The molecular weight excluding hydrogens is 323 g/mol. The van der Waals surface area contributed by atoms with Crippen molar-refractivity contribution in [2.45, 2.75) is 6.42 Å². The van der Waals surface area contributed by atoms with E-state index in [1.165, 1.54) is 6.07 Å². The molecule has 2 fully saturated rings. The van der Waals surface area contributed by atoms with E-state index in [4.69, 9.17) is 0 Å². The third-order valence-electron chi connectivity index (χ3n) is 5.81. The van der Waals surface area contributed by atoms with E-state index in [-0.39, 0.29) is 23.6 Å². The van der Waals surface area contributed by atoms with Gasteiger partial charge in [-0.3, -0.25) is 9.59 Å². The van der Waals surface area contributed by atoms with Crippen molar-refractivity contribution in [2.75, 3.05) is 31.1 Å². The Balaban J connectivity index is 1.44. The number of hydrogen-bond donors (Lipinski definition) is 1. The average Bonchev–Trinajstić information content (AvgIpc) is 3.23. The Morgan fingerprint density at radius 3 is 2.28 bits per heavy atom. The number of anilines is 1.